The van der Waals surface area contributed by atoms with Gasteiger partial charge in [-0.15, -0.1) is 0 Å². The molecule has 0 bridgehead atoms. The van der Waals surface area contributed by atoms with Gasteiger partial charge in [0.2, 0.25) is 0 Å². The smallest absolute Gasteiger partial charge is 0.257 e. The van der Waals surface area contributed by atoms with Gasteiger partial charge < -0.3 is 9.84 Å². The van der Waals surface area contributed by atoms with Gasteiger partial charge in [-0.05, 0) is 12.1 Å². The van der Waals surface area contributed by atoms with Crippen LogP contribution in [-0.2, 0) is 0 Å². The Morgan fingerprint density at radius 3 is 2.80 bits per heavy atom. The van der Waals surface area contributed by atoms with Gasteiger partial charge in [0.1, 0.15) is 5.15 Å². The first-order valence-electron chi connectivity index (χ1n) is 2.63. The molecule has 1 aromatic rings. The van der Waals surface area contributed by atoms with Crippen LogP contribution in [0.5, 0.6) is 11.6 Å². The molecule has 0 fully saturated rings. The Kier molecular flexibility index (Phi) is 1.97. The maximum Gasteiger partial charge on any atom is 0.257 e. The second kappa shape index (κ2) is 2.75. The molecular weight excluding hydrogens is 154 g/mol. The fourth-order valence-electron chi connectivity index (χ4n) is 0.561. The van der Waals surface area contributed by atoms with Gasteiger partial charge in [-0.2, -0.15) is 4.98 Å². The molecule has 0 saturated carbocycles. The Morgan fingerprint density at radius 1 is 1.60 bits per heavy atom. The van der Waals surface area contributed by atoms with Crippen molar-refractivity contribution in [1.29, 1.82) is 0 Å². The molecule has 0 radical (unpaired) electrons. The number of rotatable bonds is 1. The molecule has 0 amide bonds. The van der Waals surface area contributed by atoms with Crippen LogP contribution in [0.1, 0.15) is 0 Å². The molecule has 1 aromatic heterocycles. The van der Waals surface area contributed by atoms with Gasteiger partial charge in [-0.1, -0.05) is 11.6 Å². The molecule has 3 nitrogen and oxygen atoms in total. The number of hydrogen-bond donors (Lipinski definition) is 1. The van der Waals surface area contributed by atoms with Gasteiger partial charge in [-0.25, -0.2) is 0 Å². The quantitative estimate of drug-likeness (QED) is 0.631. The topological polar surface area (TPSA) is 42.4 Å². The summed E-state index contributed by atoms with van der Waals surface area (Å²) in [6.45, 7) is 0. The van der Waals surface area contributed by atoms with Crippen LogP contribution in [0.2, 0.25) is 5.15 Å². The van der Waals surface area contributed by atoms with Gasteiger partial charge in [0.15, 0.2) is 5.75 Å². The first-order chi connectivity index (χ1) is 4.74. The number of halogens is 1. The van der Waals surface area contributed by atoms with Crippen molar-refractivity contribution in [2.24, 2.45) is 0 Å². The molecule has 0 aromatic carbocycles. The molecule has 10 heavy (non-hydrogen) atoms. The molecule has 0 aliphatic heterocycles. The van der Waals surface area contributed by atoms with E-state index in [0.717, 1.165) is 0 Å². The number of aromatic nitrogens is 1. The van der Waals surface area contributed by atoms with Crippen LogP contribution in [0.25, 0.3) is 0 Å². The average molecular weight is 160 g/mol. The van der Waals surface area contributed by atoms with Gasteiger partial charge in [0.05, 0.1) is 7.11 Å². The maximum absolute atomic E-state index is 8.99. The summed E-state index contributed by atoms with van der Waals surface area (Å²) in [5.41, 5.74) is 0. The fourth-order valence-corrected chi connectivity index (χ4v) is 0.701. The summed E-state index contributed by atoms with van der Waals surface area (Å²) in [6, 6.07) is 2.91. The molecule has 0 saturated heterocycles. The van der Waals surface area contributed by atoms with Crippen LogP contribution in [0.3, 0.4) is 0 Å². The summed E-state index contributed by atoms with van der Waals surface area (Å²) in [6.07, 6.45) is 0. The summed E-state index contributed by atoms with van der Waals surface area (Å²) in [7, 11) is 1.42. The molecule has 1 heterocycles. The maximum atomic E-state index is 8.99. The zero-order valence-corrected chi connectivity index (χ0v) is 6.09. The Bertz CT molecular complexity index is 239. The van der Waals surface area contributed by atoms with E-state index >= 15 is 0 Å². The molecule has 54 valence electrons. The first kappa shape index (κ1) is 7.15. The van der Waals surface area contributed by atoms with E-state index in [-0.39, 0.29) is 11.6 Å². The summed E-state index contributed by atoms with van der Waals surface area (Å²) in [4.78, 5) is 3.68. The first-order valence-corrected chi connectivity index (χ1v) is 3.01. The van der Waals surface area contributed by atoms with Crippen LogP contribution in [0, 0.1) is 0 Å². The molecule has 4 heteroatoms. The molecule has 0 spiro atoms. The van der Waals surface area contributed by atoms with Crippen molar-refractivity contribution in [2.45, 2.75) is 0 Å². The molecule has 1 rings (SSSR count). The third-order valence-electron chi connectivity index (χ3n) is 1.000. The highest BCUT2D eigenvalue weighted by molar-refractivity contribution is 6.29. The Hall–Kier alpha value is -0.960. The summed E-state index contributed by atoms with van der Waals surface area (Å²) in [5.74, 6) is 0.138. The minimum atomic E-state index is -0.00750. The van der Waals surface area contributed by atoms with Crippen LogP contribution in [-0.4, -0.2) is 17.2 Å². The monoisotopic (exact) mass is 159 g/mol. The van der Waals surface area contributed by atoms with E-state index in [1.807, 2.05) is 0 Å². The Labute approximate surface area is 63.2 Å². The molecule has 0 aliphatic rings. The highest BCUT2D eigenvalue weighted by atomic mass is 35.5. The van der Waals surface area contributed by atoms with E-state index in [1.54, 1.807) is 0 Å². The van der Waals surface area contributed by atoms with E-state index in [2.05, 4.69) is 9.72 Å². The lowest BCUT2D eigenvalue weighted by atomic mass is 10.4. The number of methoxy groups -OCH3 is 1. The molecule has 0 aliphatic carbocycles. The van der Waals surface area contributed by atoms with Crippen LogP contribution in [0.15, 0.2) is 12.1 Å². The minimum Gasteiger partial charge on any atom is -0.503 e. The predicted octanol–water partition coefficient (Wildman–Crippen LogP) is 1.45. The number of aromatic hydroxyl groups is 1. The van der Waals surface area contributed by atoms with Gasteiger partial charge >= 0.3 is 0 Å². The fraction of sp³-hybridized carbons (Fsp3) is 0.167. The van der Waals surface area contributed by atoms with Crippen molar-refractivity contribution in [1.82, 2.24) is 4.98 Å². The third kappa shape index (κ3) is 1.30. The largest absolute Gasteiger partial charge is 0.503 e. The van der Waals surface area contributed by atoms with Crippen LogP contribution in [0.4, 0.5) is 0 Å². The Morgan fingerprint density at radius 2 is 2.30 bits per heavy atom. The van der Waals surface area contributed by atoms with Crippen molar-refractivity contribution in [2.75, 3.05) is 7.11 Å². The zero-order chi connectivity index (χ0) is 7.56. The normalized spacial score (nSPS) is 9.40. The lowest BCUT2D eigenvalue weighted by Crippen LogP contribution is -1.87. The van der Waals surface area contributed by atoms with Gasteiger partial charge in [-0.3, -0.25) is 0 Å². The predicted molar refractivity (Wildman–Crippen MR) is 37.5 cm³/mol. The number of nitrogens with zero attached hydrogens (tertiary/aromatic N) is 1. The Balaban J connectivity index is 3.09. The van der Waals surface area contributed by atoms with Crippen molar-refractivity contribution in [3.63, 3.8) is 0 Å². The van der Waals surface area contributed by atoms with Crippen molar-refractivity contribution >= 4 is 11.6 Å². The third-order valence-corrected chi connectivity index (χ3v) is 1.21. The van der Waals surface area contributed by atoms with Crippen LogP contribution >= 0.6 is 11.6 Å². The highest BCUT2D eigenvalue weighted by Gasteiger charge is 2.01. The molecular formula is C6H6ClNO2. The standard InChI is InChI=1S/C6H6ClNO2/c1-10-6-4(9)2-3-5(7)8-6/h2-3,9H,1H3. The SMILES string of the molecule is COc1nc(Cl)ccc1O. The molecule has 0 unspecified atom stereocenters. The van der Waals surface area contributed by atoms with Crippen molar-refractivity contribution < 1.29 is 9.84 Å². The van der Waals surface area contributed by atoms with E-state index in [1.165, 1.54) is 19.2 Å². The average Bonchev–Trinajstić information content (AvgIpc) is 1.94. The number of ether oxygens (including phenoxy) is 1. The van der Waals surface area contributed by atoms with Gasteiger partial charge in [0, 0.05) is 0 Å². The summed E-state index contributed by atoms with van der Waals surface area (Å²) >= 11 is 5.49. The number of pyridine rings is 1. The molecule has 0 atom stereocenters. The lowest BCUT2D eigenvalue weighted by molar-refractivity contribution is 0.358. The summed E-state index contributed by atoms with van der Waals surface area (Å²) in [5, 5.41) is 9.29. The van der Waals surface area contributed by atoms with Crippen molar-refractivity contribution in [3.05, 3.63) is 17.3 Å². The van der Waals surface area contributed by atoms with Crippen molar-refractivity contribution in [3.8, 4) is 11.6 Å². The number of hydrogen-bond acceptors (Lipinski definition) is 3. The van der Waals surface area contributed by atoms with E-state index in [0.29, 0.717) is 5.15 Å². The van der Waals surface area contributed by atoms with E-state index in [9.17, 15) is 0 Å². The van der Waals surface area contributed by atoms with Gasteiger partial charge in [0.25, 0.3) is 5.88 Å². The van der Waals surface area contributed by atoms with E-state index < -0.39 is 0 Å². The van der Waals surface area contributed by atoms with Crippen LogP contribution < -0.4 is 4.74 Å². The second-order valence-corrected chi connectivity index (χ2v) is 2.05. The highest BCUT2D eigenvalue weighted by Crippen LogP contribution is 2.23. The second-order valence-electron chi connectivity index (χ2n) is 1.66. The minimum absolute atomic E-state index is 0.00750. The summed E-state index contributed by atoms with van der Waals surface area (Å²) < 4.78 is 4.68. The van der Waals surface area contributed by atoms with E-state index in [4.69, 9.17) is 16.7 Å². The zero-order valence-electron chi connectivity index (χ0n) is 5.34. The molecule has 1 N–H and O–H groups in total. The lowest BCUT2D eigenvalue weighted by Gasteiger charge is -1.99.